The molecule has 0 aromatic heterocycles. The molecule has 4 heteroatoms. The Labute approximate surface area is 115 Å². The molecule has 0 aliphatic carbocycles. The first-order chi connectivity index (χ1) is 9.24. The molecule has 1 aromatic rings. The molecule has 0 N–H and O–H groups in total. The van der Waals surface area contributed by atoms with Gasteiger partial charge in [-0.1, -0.05) is 6.07 Å². The minimum absolute atomic E-state index is 0.771. The third-order valence-corrected chi connectivity index (χ3v) is 3.48. The summed E-state index contributed by atoms with van der Waals surface area (Å²) in [4.78, 5) is 6.91. The largest absolute Gasteiger partial charge is 0.493 e. The molecule has 0 radical (unpaired) electrons. The van der Waals surface area contributed by atoms with E-state index in [0.717, 1.165) is 37.4 Å². The summed E-state index contributed by atoms with van der Waals surface area (Å²) in [6.45, 7) is 1.96. The third-order valence-electron chi connectivity index (χ3n) is 3.48. The van der Waals surface area contributed by atoms with Gasteiger partial charge in [0, 0.05) is 26.6 Å². The molecule has 0 atom stereocenters. The van der Waals surface area contributed by atoms with Gasteiger partial charge in [0.1, 0.15) is 0 Å². The molecule has 104 valence electrons. The molecule has 2 rings (SSSR count). The normalized spacial score (nSPS) is 17.0. The highest BCUT2D eigenvalue weighted by Gasteiger charge is 2.13. The zero-order valence-electron chi connectivity index (χ0n) is 12.0. The smallest absolute Gasteiger partial charge is 0.160 e. The fourth-order valence-electron chi connectivity index (χ4n) is 2.34. The van der Waals surface area contributed by atoms with Crippen LogP contribution in [0.4, 0.5) is 0 Å². The lowest BCUT2D eigenvalue weighted by Gasteiger charge is -2.11. The van der Waals surface area contributed by atoms with Crippen LogP contribution in [0.3, 0.4) is 0 Å². The van der Waals surface area contributed by atoms with Crippen LogP contribution in [0.2, 0.25) is 0 Å². The molecule has 0 amide bonds. The van der Waals surface area contributed by atoms with Crippen molar-refractivity contribution in [1.82, 2.24) is 4.90 Å². The SMILES string of the molecule is COc1ccc(CC/N=C2/CCCN2C)cc1OC. The van der Waals surface area contributed by atoms with Crippen LogP contribution in [0, 0.1) is 0 Å². The number of rotatable bonds is 5. The van der Waals surface area contributed by atoms with E-state index in [4.69, 9.17) is 9.47 Å². The Hall–Kier alpha value is -1.71. The van der Waals surface area contributed by atoms with Crippen molar-refractivity contribution in [3.8, 4) is 11.5 Å². The maximum atomic E-state index is 5.30. The van der Waals surface area contributed by atoms with Gasteiger partial charge in [-0.05, 0) is 30.5 Å². The first-order valence-corrected chi connectivity index (χ1v) is 6.70. The summed E-state index contributed by atoms with van der Waals surface area (Å²) in [7, 11) is 5.43. The van der Waals surface area contributed by atoms with Gasteiger partial charge in [0.25, 0.3) is 0 Å². The molecule has 0 unspecified atom stereocenters. The van der Waals surface area contributed by atoms with Gasteiger partial charge in [-0.25, -0.2) is 0 Å². The fourth-order valence-corrected chi connectivity index (χ4v) is 2.34. The van der Waals surface area contributed by atoms with Gasteiger partial charge in [-0.15, -0.1) is 0 Å². The number of hydrogen-bond donors (Lipinski definition) is 0. The number of aliphatic imine (C=N–C) groups is 1. The van der Waals surface area contributed by atoms with Crippen molar-refractivity contribution in [3.63, 3.8) is 0 Å². The number of methoxy groups -OCH3 is 2. The van der Waals surface area contributed by atoms with Crippen LogP contribution in [-0.4, -0.2) is 45.1 Å². The van der Waals surface area contributed by atoms with Crippen LogP contribution in [-0.2, 0) is 6.42 Å². The van der Waals surface area contributed by atoms with Gasteiger partial charge >= 0.3 is 0 Å². The Morgan fingerprint density at radius 1 is 1.21 bits per heavy atom. The Morgan fingerprint density at radius 2 is 2.00 bits per heavy atom. The van der Waals surface area contributed by atoms with Crippen molar-refractivity contribution in [1.29, 1.82) is 0 Å². The van der Waals surface area contributed by atoms with Crippen LogP contribution < -0.4 is 9.47 Å². The predicted octanol–water partition coefficient (Wildman–Crippen LogP) is 2.37. The third kappa shape index (κ3) is 3.40. The van der Waals surface area contributed by atoms with Crippen LogP contribution in [0.1, 0.15) is 18.4 Å². The molecule has 1 aliphatic rings. The maximum Gasteiger partial charge on any atom is 0.160 e. The van der Waals surface area contributed by atoms with Crippen LogP contribution >= 0.6 is 0 Å². The van der Waals surface area contributed by atoms with Gasteiger partial charge in [0.15, 0.2) is 11.5 Å². The Bertz CT molecular complexity index is 457. The summed E-state index contributed by atoms with van der Waals surface area (Å²) in [5.74, 6) is 2.79. The molecule has 19 heavy (non-hydrogen) atoms. The fraction of sp³-hybridized carbons (Fsp3) is 0.533. The van der Waals surface area contributed by atoms with E-state index in [-0.39, 0.29) is 0 Å². The number of amidine groups is 1. The van der Waals surface area contributed by atoms with Crippen molar-refractivity contribution in [2.75, 3.05) is 34.4 Å². The van der Waals surface area contributed by atoms with E-state index in [1.165, 1.54) is 17.8 Å². The molecule has 1 saturated heterocycles. The maximum absolute atomic E-state index is 5.30. The van der Waals surface area contributed by atoms with Crippen LogP contribution in [0.15, 0.2) is 23.2 Å². The Balaban J connectivity index is 1.96. The first-order valence-electron chi connectivity index (χ1n) is 6.70. The van der Waals surface area contributed by atoms with Gasteiger partial charge < -0.3 is 14.4 Å². The van der Waals surface area contributed by atoms with E-state index < -0.39 is 0 Å². The van der Waals surface area contributed by atoms with Crippen molar-refractivity contribution in [3.05, 3.63) is 23.8 Å². The highest BCUT2D eigenvalue weighted by Crippen LogP contribution is 2.27. The minimum atomic E-state index is 0.771. The van der Waals surface area contributed by atoms with Gasteiger partial charge in [-0.3, -0.25) is 4.99 Å². The molecule has 1 aromatic carbocycles. The predicted molar refractivity (Wildman–Crippen MR) is 77.4 cm³/mol. The van der Waals surface area contributed by atoms with Crippen LogP contribution in [0.5, 0.6) is 11.5 Å². The van der Waals surface area contributed by atoms with Crippen molar-refractivity contribution in [2.45, 2.75) is 19.3 Å². The van der Waals surface area contributed by atoms with Gasteiger partial charge in [-0.2, -0.15) is 0 Å². The second-order valence-corrected chi connectivity index (χ2v) is 4.76. The van der Waals surface area contributed by atoms with E-state index in [9.17, 15) is 0 Å². The number of hydrogen-bond acceptors (Lipinski definition) is 3. The summed E-state index contributed by atoms with van der Waals surface area (Å²) >= 11 is 0. The highest BCUT2D eigenvalue weighted by atomic mass is 16.5. The molecule has 0 saturated carbocycles. The molecule has 0 spiro atoms. The number of ether oxygens (including phenoxy) is 2. The minimum Gasteiger partial charge on any atom is -0.493 e. The quantitative estimate of drug-likeness (QED) is 0.817. The van der Waals surface area contributed by atoms with Gasteiger partial charge in [0.05, 0.1) is 20.1 Å². The second-order valence-electron chi connectivity index (χ2n) is 4.76. The molecule has 1 fully saturated rings. The zero-order valence-corrected chi connectivity index (χ0v) is 12.0. The molecule has 1 heterocycles. The number of likely N-dealkylation sites (tertiary alicyclic amines) is 1. The zero-order chi connectivity index (χ0) is 13.7. The lowest BCUT2D eigenvalue weighted by molar-refractivity contribution is 0.354. The Kier molecular flexibility index (Phi) is 4.66. The summed E-state index contributed by atoms with van der Waals surface area (Å²) in [6, 6.07) is 6.04. The van der Waals surface area contributed by atoms with E-state index in [1.807, 2.05) is 12.1 Å². The van der Waals surface area contributed by atoms with E-state index >= 15 is 0 Å². The second kappa shape index (κ2) is 6.45. The topological polar surface area (TPSA) is 34.1 Å². The molecular formula is C15H22N2O2. The summed E-state index contributed by atoms with van der Waals surface area (Å²) in [5, 5.41) is 0. The monoisotopic (exact) mass is 262 g/mol. The van der Waals surface area contributed by atoms with Crippen molar-refractivity contribution in [2.24, 2.45) is 4.99 Å². The number of nitrogens with zero attached hydrogens (tertiary/aromatic N) is 2. The van der Waals surface area contributed by atoms with E-state index in [2.05, 4.69) is 23.0 Å². The van der Waals surface area contributed by atoms with Crippen molar-refractivity contribution >= 4 is 5.84 Å². The van der Waals surface area contributed by atoms with Crippen LogP contribution in [0.25, 0.3) is 0 Å². The number of benzene rings is 1. The average Bonchev–Trinajstić information content (AvgIpc) is 2.84. The molecular weight excluding hydrogens is 240 g/mol. The molecule has 4 nitrogen and oxygen atoms in total. The molecule has 0 bridgehead atoms. The first kappa shape index (κ1) is 13.7. The van der Waals surface area contributed by atoms with Gasteiger partial charge in [0.2, 0.25) is 0 Å². The summed E-state index contributed by atoms with van der Waals surface area (Å²) < 4.78 is 10.5. The highest BCUT2D eigenvalue weighted by molar-refractivity contribution is 5.83. The Morgan fingerprint density at radius 3 is 2.63 bits per heavy atom. The van der Waals surface area contributed by atoms with E-state index in [1.54, 1.807) is 14.2 Å². The average molecular weight is 262 g/mol. The van der Waals surface area contributed by atoms with E-state index in [0.29, 0.717) is 0 Å². The summed E-state index contributed by atoms with van der Waals surface area (Å²) in [5.41, 5.74) is 1.22. The van der Waals surface area contributed by atoms with Crippen molar-refractivity contribution < 1.29 is 9.47 Å². The summed E-state index contributed by atoms with van der Waals surface area (Å²) in [6.07, 6.45) is 3.27. The lowest BCUT2D eigenvalue weighted by Crippen LogP contribution is -2.19. The standard InChI is InChI=1S/C15H22N2O2/c1-17-10-4-5-15(17)16-9-8-12-6-7-13(18-2)14(11-12)19-3/h6-7,11H,4-5,8-10H2,1-3H3/b16-15-. The molecule has 1 aliphatic heterocycles. The lowest BCUT2D eigenvalue weighted by atomic mass is 10.1.